The minimum Gasteiger partial charge on any atom is -0.355 e. The number of nitrogens with zero attached hydrogens (tertiary/aromatic N) is 4. The highest BCUT2D eigenvalue weighted by Gasteiger charge is 2.11. The van der Waals surface area contributed by atoms with E-state index in [2.05, 4.69) is 30.5 Å². The molecule has 156 valence electrons. The van der Waals surface area contributed by atoms with Gasteiger partial charge in [0.15, 0.2) is 17.4 Å². The maximum Gasteiger partial charge on any atom is 0.213 e. The van der Waals surface area contributed by atoms with Gasteiger partial charge in [0.2, 0.25) is 10.0 Å². The Hall–Kier alpha value is -2.25. The van der Waals surface area contributed by atoms with Gasteiger partial charge < -0.3 is 10.6 Å². The smallest absolute Gasteiger partial charge is 0.213 e. The Kier molecular flexibility index (Phi) is 8.79. The molecule has 9 nitrogen and oxygen atoms in total. The Labute approximate surface area is 187 Å². The quantitative estimate of drug-likeness (QED) is 0.229. The van der Waals surface area contributed by atoms with Crippen molar-refractivity contribution >= 4 is 45.6 Å². The minimum absolute atomic E-state index is 0. The SMILES string of the molecule is CN=C(NCCS(=O)(=O)NCc1ccccc1)NCc1nnc2ccccn12.I. The van der Waals surface area contributed by atoms with E-state index >= 15 is 0 Å². The molecule has 3 rings (SSSR count). The summed E-state index contributed by atoms with van der Waals surface area (Å²) in [5, 5.41) is 14.3. The van der Waals surface area contributed by atoms with E-state index < -0.39 is 10.0 Å². The average Bonchev–Trinajstić information content (AvgIpc) is 3.13. The number of hydrogen-bond acceptors (Lipinski definition) is 5. The minimum atomic E-state index is -3.39. The third kappa shape index (κ3) is 6.94. The second-order valence-electron chi connectivity index (χ2n) is 6.02. The van der Waals surface area contributed by atoms with Crippen molar-refractivity contribution in [1.82, 2.24) is 30.0 Å². The standard InChI is InChI=1S/C18H23N7O2S.HI/c1-19-18(21-14-17-24-23-16-9-5-6-11-25(16)17)20-10-12-28(26,27)22-13-15-7-3-2-4-8-15;/h2-9,11,22H,10,12-14H2,1H3,(H2,19,20,21);1H. The Morgan fingerprint density at radius 3 is 2.55 bits per heavy atom. The predicted octanol–water partition coefficient (Wildman–Crippen LogP) is 1.13. The van der Waals surface area contributed by atoms with Crippen molar-refractivity contribution in [2.24, 2.45) is 4.99 Å². The number of pyridine rings is 1. The van der Waals surface area contributed by atoms with Crippen LogP contribution in [-0.2, 0) is 23.1 Å². The first-order chi connectivity index (χ1) is 13.6. The second kappa shape index (κ2) is 11.1. The molecule has 0 amide bonds. The molecule has 0 saturated heterocycles. The van der Waals surface area contributed by atoms with E-state index in [-0.39, 0.29) is 42.8 Å². The van der Waals surface area contributed by atoms with Crippen LogP contribution < -0.4 is 15.4 Å². The molecule has 0 radical (unpaired) electrons. The Balaban J connectivity index is 0.00000300. The third-order valence-electron chi connectivity index (χ3n) is 4.02. The molecule has 0 atom stereocenters. The maximum absolute atomic E-state index is 12.1. The van der Waals surface area contributed by atoms with Crippen LogP contribution in [0.4, 0.5) is 0 Å². The van der Waals surface area contributed by atoms with Gasteiger partial charge >= 0.3 is 0 Å². The van der Waals surface area contributed by atoms with Crippen molar-refractivity contribution < 1.29 is 8.42 Å². The molecule has 0 aliphatic heterocycles. The van der Waals surface area contributed by atoms with Gasteiger partial charge in [0, 0.05) is 26.3 Å². The number of rotatable bonds is 8. The molecular formula is C18H24IN7O2S. The lowest BCUT2D eigenvalue weighted by Gasteiger charge is -2.12. The van der Waals surface area contributed by atoms with Crippen molar-refractivity contribution in [3.63, 3.8) is 0 Å². The van der Waals surface area contributed by atoms with Crippen LogP contribution in [-0.4, -0.2) is 48.3 Å². The largest absolute Gasteiger partial charge is 0.355 e. The summed E-state index contributed by atoms with van der Waals surface area (Å²) in [5.74, 6) is 1.16. The highest BCUT2D eigenvalue weighted by Crippen LogP contribution is 2.02. The fraction of sp³-hybridized carbons (Fsp3) is 0.278. The first kappa shape index (κ1) is 23.0. The van der Waals surface area contributed by atoms with Crippen LogP contribution in [0, 0.1) is 0 Å². The average molecular weight is 529 g/mol. The van der Waals surface area contributed by atoms with Crippen LogP contribution >= 0.6 is 24.0 Å². The van der Waals surface area contributed by atoms with Crippen LogP contribution in [0.25, 0.3) is 5.65 Å². The summed E-state index contributed by atoms with van der Waals surface area (Å²) in [6.07, 6.45) is 1.88. The van der Waals surface area contributed by atoms with Crippen molar-refractivity contribution in [3.8, 4) is 0 Å². The number of benzene rings is 1. The Morgan fingerprint density at radius 2 is 1.79 bits per heavy atom. The normalized spacial score (nSPS) is 11.8. The molecule has 0 fully saturated rings. The topological polar surface area (TPSA) is 113 Å². The molecule has 29 heavy (non-hydrogen) atoms. The van der Waals surface area contributed by atoms with Gasteiger partial charge in [-0.25, -0.2) is 13.1 Å². The van der Waals surface area contributed by atoms with Crippen molar-refractivity contribution in [2.75, 3.05) is 19.3 Å². The maximum atomic E-state index is 12.1. The molecule has 2 heterocycles. The molecule has 0 bridgehead atoms. The molecule has 0 aliphatic carbocycles. The van der Waals surface area contributed by atoms with E-state index in [4.69, 9.17) is 0 Å². The van der Waals surface area contributed by atoms with Gasteiger partial charge in [-0.1, -0.05) is 36.4 Å². The zero-order valence-electron chi connectivity index (χ0n) is 15.9. The van der Waals surface area contributed by atoms with Gasteiger partial charge in [-0.2, -0.15) is 0 Å². The number of sulfonamides is 1. The summed E-state index contributed by atoms with van der Waals surface area (Å²) in [6.45, 7) is 0.907. The number of guanidine groups is 1. The number of fused-ring (bicyclic) bond motifs is 1. The van der Waals surface area contributed by atoms with Crippen LogP contribution in [0.3, 0.4) is 0 Å². The Bertz CT molecular complexity index is 1040. The Morgan fingerprint density at radius 1 is 1.03 bits per heavy atom. The molecule has 0 spiro atoms. The predicted molar refractivity (Wildman–Crippen MR) is 124 cm³/mol. The van der Waals surface area contributed by atoms with E-state index in [1.165, 1.54) is 0 Å². The van der Waals surface area contributed by atoms with Crippen LogP contribution in [0.2, 0.25) is 0 Å². The number of hydrogen-bond donors (Lipinski definition) is 3. The number of nitrogens with one attached hydrogen (secondary N) is 3. The van der Waals surface area contributed by atoms with Crippen molar-refractivity contribution in [2.45, 2.75) is 13.1 Å². The van der Waals surface area contributed by atoms with Gasteiger partial charge in [0.1, 0.15) is 0 Å². The van der Waals surface area contributed by atoms with E-state index in [0.29, 0.717) is 12.5 Å². The van der Waals surface area contributed by atoms with Crippen molar-refractivity contribution in [1.29, 1.82) is 0 Å². The second-order valence-corrected chi connectivity index (χ2v) is 7.95. The lowest BCUT2D eigenvalue weighted by molar-refractivity contribution is 0.579. The monoisotopic (exact) mass is 529 g/mol. The first-order valence-corrected chi connectivity index (χ1v) is 10.5. The van der Waals surface area contributed by atoms with Gasteiger partial charge in [-0.05, 0) is 17.7 Å². The van der Waals surface area contributed by atoms with Gasteiger partial charge in [-0.15, -0.1) is 34.2 Å². The molecule has 0 saturated carbocycles. The van der Waals surface area contributed by atoms with Crippen LogP contribution in [0.5, 0.6) is 0 Å². The summed E-state index contributed by atoms with van der Waals surface area (Å²) >= 11 is 0. The van der Waals surface area contributed by atoms with Gasteiger partial charge in [0.25, 0.3) is 0 Å². The first-order valence-electron chi connectivity index (χ1n) is 8.82. The van der Waals surface area contributed by atoms with E-state index in [1.54, 1.807) is 7.05 Å². The van der Waals surface area contributed by atoms with Gasteiger partial charge in [-0.3, -0.25) is 9.39 Å². The van der Waals surface area contributed by atoms with Crippen LogP contribution in [0.1, 0.15) is 11.4 Å². The molecule has 3 aromatic rings. The summed E-state index contributed by atoms with van der Waals surface area (Å²) in [6, 6.07) is 15.1. The number of aliphatic imine (C=N–C) groups is 1. The fourth-order valence-corrected chi connectivity index (χ4v) is 3.46. The molecule has 11 heteroatoms. The van der Waals surface area contributed by atoms with Gasteiger partial charge in [0.05, 0.1) is 12.3 Å². The van der Waals surface area contributed by atoms with Crippen molar-refractivity contribution in [3.05, 3.63) is 66.1 Å². The molecule has 3 N–H and O–H groups in total. The summed E-state index contributed by atoms with van der Waals surface area (Å²) in [5.41, 5.74) is 1.68. The zero-order chi connectivity index (χ0) is 19.8. The number of aromatic nitrogens is 3. The van der Waals surface area contributed by atoms with E-state index in [9.17, 15) is 8.42 Å². The zero-order valence-corrected chi connectivity index (χ0v) is 19.1. The number of halogens is 1. The lowest BCUT2D eigenvalue weighted by Crippen LogP contribution is -2.41. The van der Waals surface area contributed by atoms with E-state index in [1.807, 2.05) is 59.1 Å². The van der Waals surface area contributed by atoms with Crippen LogP contribution in [0.15, 0.2) is 59.7 Å². The lowest BCUT2D eigenvalue weighted by atomic mass is 10.2. The summed E-state index contributed by atoms with van der Waals surface area (Å²) in [4.78, 5) is 4.10. The molecule has 0 unspecified atom stereocenters. The highest BCUT2D eigenvalue weighted by atomic mass is 127. The molecule has 2 aromatic heterocycles. The molecule has 1 aromatic carbocycles. The molecule has 0 aliphatic rings. The highest BCUT2D eigenvalue weighted by molar-refractivity contribution is 14.0. The summed E-state index contributed by atoms with van der Waals surface area (Å²) in [7, 11) is -1.77. The fourth-order valence-electron chi connectivity index (χ4n) is 2.56. The third-order valence-corrected chi connectivity index (χ3v) is 5.35. The molecular weight excluding hydrogens is 505 g/mol. The van der Waals surface area contributed by atoms with E-state index in [0.717, 1.165) is 17.0 Å². The summed E-state index contributed by atoms with van der Waals surface area (Å²) < 4.78 is 28.7.